The molecule has 1 amide bonds. The summed E-state index contributed by atoms with van der Waals surface area (Å²) in [6.45, 7) is 7.87. The number of anilines is 1. The van der Waals surface area contributed by atoms with Crippen LogP contribution in [0.5, 0.6) is 0 Å². The molecular formula is C19H21F3N4OS2. The van der Waals surface area contributed by atoms with Gasteiger partial charge in [-0.05, 0) is 48.9 Å². The van der Waals surface area contributed by atoms with Crippen molar-refractivity contribution in [2.75, 3.05) is 5.73 Å². The number of carbonyl (C=O) groups is 1. The highest BCUT2D eigenvalue weighted by molar-refractivity contribution is 8.00. The lowest BCUT2D eigenvalue weighted by Crippen LogP contribution is -2.22. The third kappa shape index (κ3) is 5.60. The Balaban J connectivity index is 0.00000145. The molecule has 29 heavy (non-hydrogen) atoms. The second kappa shape index (κ2) is 9.45. The topological polar surface area (TPSA) is 80.9 Å². The van der Waals surface area contributed by atoms with Gasteiger partial charge in [-0.25, -0.2) is 0 Å². The van der Waals surface area contributed by atoms with E-state index >= 15 is 0 Å². The number of nitrogens with one attached hydrogen (secondary N) is 1. The minimum Gasteiger partial charge on any atom is -0.397 e. The van der Waals surface area contributed by atoms with Gasteiger partial charge in [0.2, 0.25) is 0 Å². The third-order valence-electron chi connectivity index (χ3n) is 3.95. The number of nitrogens with zero attached hydrogens (tertiary/aromatic N) is 2. The van der Waals surface area contributed by atoms with Crippen LogP contribution < -0.4 is 11.1 Å². The number of carbonyl (C=O) groups excluding carboxylic acids is 1. The monoisotopic (exact) mass is 442 g/mol. The molecule has 10 heteroatoms. The molecule has 0 saturated heterocycles. The van der Waals surface area contributed by atoms with Gasteiger partial charge >= 0.3 is 5.51 Å². The van der Waals surface area contributed by atoms with Gasteiger partial charge in [-0.1, -0.05) is 26.0 Å². The molecule has 0 fully saturated rings. The first kappa shape index (κ1) is 23.0. The highest BCUT2D eigenvalue weighted by Crippen LogP contribution is 2.37. The molecule has 3 N–H and O–H groups in total. The van der Waals surface area contributed by atoms with E-state index in [1.165, 1.54) is 12.1 Å². The number of hydrogen-bond acceptors (Lipinski definition) is 6. The fourth-order valence-electron chi connectivity index (χ4n) is 2.48. The number of thioether (sulfide) groups is 1. The number of nitrogens with two attached hydrogens (primary N) is 1. The van der Waals surface area contributed by atoms with E-state index in [0.29, 0.717) is 21.0 Å². The minimum atomic E-state index is -4.33. The summed E-state index contributed by atoms with van der Waals surface area (Å²) in [7, 11) is 0. The van der Waals surface area contributed by atoms with Crippen molar-refractivity contribution in [3.63, 3.8) is 0 Å². The number of benzene rings is 1. The van der Waals surface area contributed by atoms with Crippen LogP contribution in [0, 0.1) is 13.8 Å². The Morgan fingerprint density at radius 2 is 1.79 bits per heavy atom. The summed E-state index contributed by atoms with van der Waals surface area (Å²) in [5.41, 5.74) is 4.47. The lowest BCUT2D eigenvalue weighted by Gasteiger charge is -2.08. The summed E-state index contributed by atoms with van der Waals surface area (Å²) in [6, 6.07) is 5.83. The molecule has 0 aliphatic rings. The van der Waals surface area contributed by atoms with Crippen LogP contribution in [0.2, 0.25) is 0 Å². The zero-order chi connectivity index (χ0) is 21.8. The van der Waals surface area contributed by atoms with Crippen molar-refractivity contribution in [2.45, 2.75) is 44.6 Å². The Morgan fingerprint density at radius 1 is 1.17 bits per heavy atom. The van der Waals surface area contributed by atoms with Gasteiger partial charge in [0.15, 0.2) is 0 Å². The predicted molar refractivity (Wildman–Crippen MR) is 112 cm³/mol. The molecule has 0 radical (unpaired) electrons. The average Bonchev–Trinajstić information content (AvgIpc) is 3.01. The molecule has 2 heterocycles. The van der Waals surface area contributed by atoms with Crippen LogP contribution in [0.3, 0.4) is 0 Å². The number of fused-ring (bicyclic) bond motifs is 1. The van der Waals surface area contributed by atoms with Gasteiger partial charge in [0, 0.05) is 16.8 Å². The van der Waals surface area contributed by atoms with Gasteiger partial charge in [0.05, 0.1) is 11.4 Å². The molecule has 3 rings (SSSR count). The van der Waals surface area contributed by atoms with E-state index < -0.39 is 5.51 Å². The predicted octanol–water partition coefficient (Wildman–Crippen LogP) is 5.46. The van der Waals surface area contributed by atoms with Gasteiger partial charge in [-0.15, -0.1) is 16.4 Å². The second-order valence-electron chi connectivity index (χ2n) is 5.81. The first-order valence-corrected chi connectivity index (χ1v) is 10.4. The third-order valence-corrected chi connectivity index (χ3v) is 5.78. The van der Waals surface area contributed by atoms with Crippen LogP contribution in [0.4, 0.5) is 18.9 Å². The zero-order valence-electron chi connectivity index (χ0n) is 16.3. The van der Waals surface area contributed by atoms with Crippen LogP contribution in [-0.2, 0) is 6.54 Å². The molecule has 0 aliphatic heterocycles. The molecule has 3 aromatic rings. The van der Waals surface area contributed by atoms with Crippen LogP contribution in [-0.4, -0.2) is 21.6 Å². The van der Waals surface area contributed by atoms with Crippen LogP contribution in [0.15, 0.2) is 29.2 Å². The molecule has 0 bridgehead atoms. The quantitative estimate of drug-likeness (QED) is 0.525. The van der Waals surface area contributed by atoms with E-state index in [2.05, 4.69) is 15.5 Å². The summed E-state index contributed by atoms with van der Waals surface area (Å²) >= 11 is 0.982. The number of hydrogen-bond donors (Lipinski definition) is 2. The smallest absolute Gasteiger partial charge is 0.397 e. The maximum atomic E-state index is 12.5. The van der Waals surface area contributed by atoms with Crippen molar-refractivity contribution in [3.05, 3.63) is 46.0 Å². The van der Waals surface area contributed by atoms with Crippen LogP contribution >= 0.6 is 23.1 Å². The molecule has 0 unspecified atom stereocenters. The van der Waals surface area contributed by atoms with E-state index in [9.17, 15) is 18.0 Å². The van der Waals surface area contributed by atoms with Crippen LogP contribution in [0.1, 0.15) is 40.3 Å². The Hall–Kier alpha value is -2.33. The largest absolute Gasteiger partial charge is 0.446 e. The molecule has 0 aliphatic carbocycles. The molecule has 1 aromatic carbocycles. The summed E-state index contributed by atoms with van der Waals surface area (Å²) < 4.78 is 37.0. The van der Waals surface area contributed by atoms with Crippen molar-refractivity contribution in [3.8, 4) is 0 Å². The minimum absolute atomic E-state index is 0.0933. The fraction of sp³-hybridized carbons (Fsp3) is 0.316. The van der Waals surface area contributed by atoms with Crippen LogP contribution in [0.25, 0.3) is 10.2 Å². The van der Waals surface area contributed by atoms with Crippen molar-refractivity contribution in [2.24, 2.45) is 0 Å². The highest BCUT2D eigenvalue weighted by Gasteiger charge is 2.29. The Bertz CT molecular complexity index is 1000. The van der Waals surface area contributed by atoms with Gasteiger partial charge in [0.1, 0.15) is 9.71 Å². The normalized spacial score (nSPS) is 11.1. The summed E-state index contributed by atoms with van der Waals surface area (Å²) in [5, 5.41) is 11.6. The molecule has 2 aromatic heterocycles. The van der Waals surface area contributed by atoms with Gasteiger partial charge in [-0.2, -0.15) is 18.3 Å². The molecule has 0 spiro atoms. The van der Waals surface area contributed by atoms with E-state index in [1.807, 2.05) is 27.7 Å². The number of nitrogen functional groups attached to an aromatic ring is 1. The fourth-order valence-corrected chi connectivity index (χ4v) is 4.04. The second-order valence-corrected chi connectivity index (χ2v) is 7.95. The van der Waals surface area contributed by atoms with E-state index in [4.69, 9.17) is 5.73 Å². The average molecular weight is 443 g/mol. The summed E-state index contributed by atoms with van der Waals surface area (Å²) in [4.78, 5) is 13.5. The van der Waals surface area contributed by atoms with Crippen molar-refractivity contribution in [1.82, 2.24) is 15.5 Å². The summed E-state index contributed by atoms with van der Waals surface area (Å²) in [6.07, 6.45) is 0. The molecule has 0 atom stereocenters. The number of halogens is 3. The number of amides is 1. The molecule has 156 valence electrons. The van der Waals surface area contributed by atoms with Crippen molar-refractivity contribution < 1.29 is 18.0 Å². The lowest BCUT2D eigenvalue weighted by molar-refractivity contribution is -0.0328. The SMILES string of the molecule is CC.Cc1nnc2sc(C(=O)NCc3ccc(SC(F)(F)F)cc3)c(N)c2c1C. The van der Waals surface area contributed by atoms with E-state index in [0.717, 1.165) is 28.0 Å². The molecule has 0 saturated carbocycles. The zero-order valence-corrected chi connectivity index (χ0v) is 18.0. The maximum absolute atomic E-state index is 12.5. The van der Waals surface area contributed by atoms with Gasteiger partial charge in [-0.3, -0.25) is 4.79 Å². The van der Waals surface area contributed by atoms with E-state index in [-0.39, 0.29) is 29.1 Å². The summed E-state index contributed by atoms with van der Waals surface area (Å²) in [5.74, 6) is -0.360. The highest BCUT2D eigenvalue weighted by atomic mass is 32.2. The lowest BCUT2D eigenvalue weighted by atomic mass is 10.1. The number of aromatic nitrogens is 2. The first-order valence-electron chi connectivity index (χ1n) is 8.80. The maximum Gasteiger partial charge on any atom is 0.446 e. The van der Waals surface area contributed by atoms with Gasteiger partial charge < -0.3 is 11.1 Å². The van der Waals surface area contributed by atoms with Crippen molar-refractivity contribution >= 4 is 44.9 Å². The van der Waals surface area contributed by atoms with Crippen molar-refractivity contribution in [1.29, 1.82) is 0 Å². The van der Waals surface area contributed by atoms with Gasteiger partial charge in [0.25, 0.3) is 5.91 Å². The number of alkyl halides is 3. The Kier molecular flexibility index (Phi) is 7.48. The molecule has 5 nitrogen and oxygen atoms in total. The number of aryl methyl sites for hydroxylation is 2. The number of thiophene rings is 1. The Labute approximate surface area is 174 Å². The van der Waals surface area contributed by atoms with E-state index in [1.54, 1.807) is 12.1 Å². The molecular weight excluding hydrogens is 421 g/mol. The standard InChI is InChI=1S/C17H15F3N4OS2.C2H6/c1-8-9(2)23-24-16-12(8)13(21)14(26-16)15(25)22-7-10-3-5-11(6-4-10)27-17(18,19)20;1-2/h3-6H,7,21H2,1-2H3,(H,22,25);1-2H3. The Morgan fingerprint density at radius 3 is 2.38 bits per heavy atom. The number of rotatable bonds is 4. The first-order chi connectivity index (χ1) is 13.7.